The third-order valence-corrected chi connectivity index (χ3v) is 6.02. The van der Waals surface area contributed by atoms with Gasteiger partial charge in [-0.25, -0.2) is 0 Å². The van der Waals surface area contributed by atoms with Crippen LogP contribution in [-0.2, 0) is 28.9 Å². The molecule has 0 bridgehead atoms. The molecule has 1 aromatic heterocycles. The third kappa shape index (κ3) is 4.46. The normalized spacial score (nSPS) is 17.4. The van der Waals surface area contributed by atoms with Crippen LogP contribution in [-0.4, -0.2) is 34.7 Å². The molecule has 9 nitrogen and oxygen atoms in total. The van der Waals surface area contributed by atoms with Crippen molar-refractivity contribution < 1.29 is 19.2 Å². The molecular weight excluding hydrogens is 412 g/mol. The van der Waals surface area contributed by atoms with Crippen molar-refractivity contribution in [1.29, 1.82) is 5.26 Å². The highest BCUT2D eigenvalue weighted by Gasteiger charge is 2.28. The first-order chi connectivity index (χ1) is 15.5. The number of nitrogens with zero attached hydrogens (tertiary/aromatic N) is 3. The molecule has 32 heavy (non-hydrogen) atoms. The number of nitriles is 1. The molecule has 1 amide bonds. The second-order valence-corrected chi connectivity index (χ2v) is 8.28. The minimum absolute atomic E-state index is 0.0414. The molecule has 1 aliphatic heterocycles. The lowest BCUT2D eigenvalue weighted by Gasteiger charge is -2.20. The summed E-state index contributed by atoms with van der Waals surface area (Å²) in [6.07, 6.45) is 5.73. The summed E-state index contributed by atoms with van der Waals surface area (Å²) >= 11 is 0. The fourth-order valence-corrected chi connectivity index (χ4v) is 4.51. The van der Waals surface area contributed by atoms with Crippen LogP contribution in [0.1, 0.15) is 48.1 Å². The summed E-state index contributed by atoms with van der Waals surface area (Å²) in [6, 6.07) is 6.78. The van der Waals surface area contributed by atoms with E-state index in [0.29, 0.717) is 17.9 Å². The Kier molecular flexibility index (Phi) is 6.42. The van der Waals surface area contributed by atoms with Crippen LogP contribution in [0.2, 0.25) is 0 Å². The molecule has 1 aromatic carbocycles. The molecule has 0 spiro atoms. The maximum atomic E-state index is 12.8. The van der Waals surface area contributed by atoms with Gasteiger partial charge in [0.25, 0.3) is 5.91 Å². The predicted octanol–water partition coefficient (Wildman–Crippen LogP) is 3.65. The Balaban J connectivity index is 1.56. The molecule has 0 radical (unpaired) electrons. The Bertz CT molecular complexity index is 1080. The van der Waals surface area contributed by atoms with Crippen LogP contribution in [0.4, 0.5) is 11.5 Å². The van der Waals surface area contributed by atoms with Crippen LogP contribution >= 0.6 is 0 Å². The van der Waals surface area contributed by atoms with E-state index >= 15 is 0 Å². The number of nitro benzene ring substituents is 1. The molecule has 2 heterocycles. The van der Waals surface area contributed by atoms with Gasteiger partial charge in [0.15, 0.2) is 12.4 Å². The van der Waals surface area contributed by atoms with E-state index in [4.69, 9.17) is 9.47 Å². The monoisotopic (exact) mass is 438 g/mol. The number of aromatic nitrogens is 1. The molecule has 1 unspecified atom stereocenters. The van der Waals surface area contributed by atoms with Gasteiger partial charge in [-0.1, -0.05) is 6.07 Å². The van der Waals surface area contributed by atoms with E-state index in [1.54, 1.807) is 13.0 Å². The van der Waals surface area contributed by atoms with Gasteiger partial charge in [-0.15, -0.1) is 0 Å². The zero-order valence-corrected chi connectivity index (χ0v) is 18.1. The second-order valence-electron chi connectivity index (χ2n) is 8.28. The van der Waals surface area contributed by atoms with Crippen molar-refractivity contribution in [2.45, 2.75) is 58.1 Å². The Morgan fingerprint density at radius 1 is 1.38 bits per heavy atom. The van der Waals surface area contributed by atoms with Gasteiger partial charge in [-0.05, 0) is 62.6 Å². The minimum atomic E-state index is -0.540. The van der Waals surface area contributed by atoms with E-state index in [1.165, 1.54) is 12.1 Å². The quantitative estimate of drug-likeness (QED) is 0.520. The molecular formula is C23H26N4O5. The molecule has 4 rings (SSSR count). The van der Waals surface area contributed by atoms with Gasteiger partial charge in [0, 0.05) is 18.4 Å². The number of hydrogen-bond acceptors (Lipinski definition) is 6. The number of ether oxygens (including phenoxy) is 2. The zero-order valence-electron chi connectivity index (χ0n) is 18.1. The summed E-state index contributed by atoms with van der Waals surface area (Å²) in [4.78, 5) is 23.5. The highest BCUT2D eigenvalue weighted by atomic mass is 16.6. The Labute approximate surface area is 186 Å². The summed E-state index contributed by atoms with van der Waals surface area (Å²) in [5.41, 5.74) is 3.18. The third-order valence-electron chi connectivity index (χ3n) is 6.02. The molecule has 0 saturated carbocycles. The molecule has 9 heteroatoms. The molecule has 1 atom stereocenters. The molecule has 1 fully saturated rings. The van der Waals surface area contributed by atoms with E-state index in [-0.39, 0.29) is 17.5 Å². The topological polar surface area (TPSA) is 119 Å². The number of carbonyl (C=O) groups excluding carboxylic acids is 1. The maximum absolute atomic E-state index is 12.8. The molecule has 168 valence electrons. The molecule has 1 N–H and O–H groups in total. The number of fused-ring (bicyclic) bond motifs is 1. The second kappa shape index (κ2) is 9.40. The van der Waals surface area contributed by atoms with Crippen LogP contribution in [0, 0.1) is 28.4 Å². The lowest BCUT2D eigenvalue weighted by Crippen LogP contribution is -2.25. The lowest BCUT2D eigenvalue weighted by atomic mass is 9.95. The van der Waals surface area contributed by atoms with E-state index in [2.05, 4.69) is 11.4 Å². The fraction of sp³-hybridized carbons (Fsp3) is 0.478. The van der Waals surface area contributed by atoms with Crippen molar-refractivity contribution in [2.24, 2.45) is 0 Å². The van der Waals surface area contributed by atoms with Crippen LogP contribution < -0.4 is 10.1 Å². The number of benzene rings is 1. The smallest absolute Gasteiger partial charge is 0.310 e. The van der Waals surface area contributed by atoms with Gasteiger partial charge in [0.1, 0.15) is 11.9 Å². The number of hydrogen-bond donors (Lipinski definition) is 1. The van der Waals surface area contributed by atoms with Gasteiger partial charge in [-0.2, -0.15) is 5.26 Å². The van der Waals surface area contributed by atoms with Crippen LogP contribution in [0.5, 0.6) is 5.75 Å². The number of rotatable bonds is 7. The first-order valence-corrected chi connectivity index (χ1v) is 10.9. The molecule has 2 aromatic rings. The van der Waals surface area contributed by atoms with Crippen molar-refractivity contribution in [3.63, 3.8) is 0 Å². The number of carbonyl (C=O) groups is 1. The van der Waals surface area contributed by atoms with E-state index in [9.17, 15) is 20.2 Å². The summed E-state index contributed by atoms with van der Waals surface area (Å²) in [5, 5.41) is 23.9. The van der Waals surface area contributed by atoms with Crippen molar-refractivity contribution in [1.82, 2.24) is 4.57 Å². The van der Waals surface area contributed by atoms with Crippen molar-refractivity contribution in [3.05, 3.63) is 50.7 Å². The van der Waals surface area contributed by atoms with Crippen molar-refractivity contribution in [3.8, 4) is 11.8 Å². The summed E-state index contributed by atoms with van der Waals surface area (Å²) in [5.74, 6) is 0.0441. The predicted molar refractivity (Wildman–Crippen MR) is 117 cm³/mol. The molecule has 2 aliphatic rings. The van der Waals surface area contributed by atoms with E-state index in [0.717, 1.165) is 62.0 Å². The van der Waals surface area contributed by atoms with Gasteiger partial charge < -0.3 is 19.4 Å². The van der Waals surface area contributed by atoms with Crippen molar-refractivity contribution in [2.75, 3.05) is 18.5 Å². The zero-order chi connectivity index (χ0) is 22.7. The number of nitrogens with one attached hydrogen (secondary N) is 1. The minimum Gasteiger partial charge on any atom is -0.477 e. The molecule has 1 aliphatic carbocycles. The van der Waals surface area contributed by atoms with Crippen molar-refractivity contribution >= 4 is 17.4 Å². The highest BCUT2D eigenvalue weighted by Crippen LogP contribution is 2.34. The van der Waals surface area contributed by atoms with Gasteiger partial charge in [-0.3, -0.25) is 14.9 Å². The van der Waals surface area contributed by atoms with Gasteiger partial charge in [0.2, 0.25) is 0 Å². The summed E-state index contributed by atoms with van der Waals surface area (Å²) < 4.78 is 13.3. The fourth-order valence-electron chi connectivity index (χ4n) is 4.51. The largest absolute Gasteiger partial charge is 0.477 e. The number of nitro groups is 1. The van der Waals surface area contributed by atoms with E-state index < -0.39 is 17.4 Å². The van der Waals surface area contributed by atoms with Crippen LogP contribution in [0.15, 0.2) is 18.2 Å². The Morgan fingerprint density at radius 3 is 2.91 bits per heavy atom. The maximum Gasteiger partial charge on any atom is 0.310 e. The number of anilines is 1. The summed E-state index contributed by atoms with van der Waals surface area (Å²) in [6.45, 7) is 2.71. The lowest BCUT2D eigenvalue weighted by molar-refractivity contribution is -0.385. The SMILES string of the molecule is Cc1ccc([N+](=O)[O-])c(OCC(=O)Nc2c(C#N)c3c(n2CC2CCCO2)CCCC3)c1. The first-order valence-electron chi connectivity index (χ1n) is 10.9. The standard InChI is InChI=1S/C23H26N4O5/c1-15-8-9-20(27(29)30)21(11-15)32-14-22(28)25-23-18(12-24)17-6-2-3-7-19(17)26(23)13-16-5-4-10-31-16/h8-9,11,16H,2-7,10,13-14H2,1H3,(H,25,28). The number of aryl methyl sites for hydroxylation is 1. The van der Waals surface area contributed by atoms with Crippen LogP contribution in [0.25, 0.3) is 0 Å². The van der Waals surface area contributed by atoms with Gasteiger partial charge >= 0.3 is 5.69 Å². The average Bonchev–Trinajstić information content (AvgIpc) is 3.39. The molecule has 1 saturated heterocycles. The average molecular weight is 438 g/mol. The highest BCUT2D eigenvalue weighted by molar-refractivity contribution is 5.93. The van der Waals surface area contributed by atoms with E-state index in [1.807, 2.05) is 4.57 Å². The summed E-state index contributed by atoms with van der Waals surface area (Å²) in [7, 11) is 0. The van der Waals surface area contributed by atoms with Crippen LogP contribution in [0.3, 0.4) is 0 Å². The Morgan fingerprint density at radius 2 is 2.19 bits per heavy atom. The first kappa shape index (κ1) is 21.8. The Hall–Kier alpha value is -3.38. The van der Waals surface area contributed by atoms with Gasteiger partial charge in [0.05, 0.1) is 23.1 Å². The number of amides is 1.